The van der Waals surface area contributed by atoms with Gasteiger partial charge in [-0.1, -0.05) is 30.3 Å². The topological polar surface area (TPSA) is 66.8 Å². The van der Waals surface area contributed by atoms with Gasteiger partial charge in [0.1, 0.15) is 6.54 Å². The van der Waals surface area contributed by atoms with Gasteiger partial charge in [0.25, 0.3) is 0 Å². The second-order valence-electron chi connectivity index (χ2n) is 5.85. The fraction of sp³-hybridized carbons (Fsp3) is 0.529. The van der Waals surface area contributed by atoms with E-state index in [4.69, 9.17) is 9.84 Å². The number of benzene rings is 1. The Hall–Kier alpha value is -1.88. The smallest absolute Gasteiger partial charge is 0.323 e. The summed E-state index contributed by atoms with van der Waals surface area (Å²) in [5, 5.41) is 8.89. The van der Waals surface area contributed by atoms with E-state index in [2.05, 4.69) is 12.1 Å². The lowest BCUT2D eigenvalue weighted by Gasteiger charge is -2.36. The van der Waals surface area contributed by atoms with Gasteiger partial charge in [-0.2, -0.15) is 0 Å². The second-order valence-corrected chi connectivity index (χ2v) is 5.85. The highest BCUT2D eigenvalue weighted by Gasteiger charge is 2.32. The Morgan fingerprint density at radius 2 is 1.95 bits per heavy atom. The first kappa shape index (κ1) is 16.5. The number of methoxy groups -OCH3 is 1. The highest BCUT2D eigenvalue weighted by Crippen LogP contribution is 2.43. The number of carboxylic acids is 1. The molecule has 0 saturated heterocycles. The van der Waals surface area contributed by atoms with E-state index in [-0.39, 0.29) is 12.5 Å². The van der Waals surface area contributed by atoms with Crippen molar-refractivity contribution >= 4 is 11.9 Å². The third-order valence-electron chi connectivity index (χ3n) is 4.21. The number of nitrogens with zero attached hydrogens (tertiary/aromatic N) is 1. The predicted octanol–water partition coefficient (Wildman–Crippen LogP) is 2.13. The van der Waals surface area contributed by atoms with Crippen LogP contribution in [-0.4, -0.2) is 48.7 Å². The molecule has 1 aromatic rings. The number of aliphatic carboxylic acids is 1. The van der Waals surface area contributed by atoms with E-state index in [1.807, 2.05) is 18.2 Å². The van der Waals surface area contributed by atoms with Crippen LogP contribution in [0.25, 0.3) is 0 Å². The number of amides is 1. The fourth-order valence-corrected chi connectivity index (χ4v) is 2.93. The van der Waals surface area contributed by atoms with Crippen LogP contribution in [0.5, 0.6) is 0 Å². The van der Waals surface area contributed by atoms with E-state index < -0.39 is 5.97 Å². The number of carbonyl (C=O) groups excluding carboxylic acids is 1. The van der Waals surface area contributed by atoms with Gasteiger partial charge < -0.3 is 14.7 Å². The molecule has 0 spiro atoms. The summed E-state index contributed by atoms with van der Waals surface area (Å²) < 4.78 is 4.94. The summed E-state index contributed by atoms with van der Waals surface area (Å²) in [7, 11) is 1.54. The van der Waals surface area contributed by atoms with Crippen LogP contribution in [-0.2, 0) is 14.3 Å². The highest BCUT2D eigenvalue weighted by atomic mass is 16.5. The zero-order valence-electron chi connectivity index (χ0n) is 12.9. The van der Waals surface area contributed by atoms with Crippen molar-refractivity contribution in [2.45, 2.75) is 25.2 Å². The van der Waals surface area contributed by atoms with E-state index in [1.54, 1.807) is 7.11 Å². The third kappa shape index (κ3) is 4.56. The molecule has 0 unspecified atom stereocenters. The summed E-state index contributed by atoms with van der Waals surface area (Å²) in [5.41, 5.74) is 1.33. The van der Waals surface area contributed by atoms with Crippen LogP contribution < -0.4 is 0 Å². The zero-order valence-corrected chi connectivity index (χ0v) is 12.9. The highest BCUT2D eigenvalue weighted by molar-refractivity contribution is 5.81. The minimum atomic E-state index is -0.986. The van der Waals surface area contributed by atoms with Crippen LogP contribution in [0, 0.1) is 5.92 Å². The van der Waals surface area contributed by atoms with Crippen molar-refractivity contribution in [1.29, 1.82) is 0 Å². The lowest BCUT2D eigenvalue weighted by atomic mass is 9.70. The summed E-state index contributed by atoms with van der Waals surface area (Å²) in [4.78, 5) is 24.5. The standard InChI is InChI=1S/C17H23NO4/c1-22-8-7-18(12-17(20)21)16(19)11-13-9-15(10-13)14-5-3-2-4-6-14/h2-6,13,15H,7-12H2,1H3,(H,20,21). The quantitative estimate of drug-likeness (QED) is 0.799. The van der Waals surface area contributed by atoms with Gasteiger partial charge in [0, 0.05) is 20.1 Å². The minimum absolute atomic E-state index is 0.0871. The Morgan fingerprint density at radius 3 is 2.55 bits per heavy atom. The van der Waals surface area contributed by atoms with Gasteiger partial charge in [-0.15, -0.1) is 0 Å². The van der Waals surface area contributed by atoms with E-state index in [0.717, 1.165) is 12.8 Å². The van der Waals surface area contributed by atoms with Gasteiger partial charge in [-0.25, -0.2) is 0 Å². The number of ether oxygens (including phenoxy) is 1. The molecule has 1 aromatic carbocycles. The molecule has 1 aliphatic rings. The average molecular weight is 305 g/mol. The molecule has 1 fully saturated rings. The molecule has 0 heterocycles. The van der Waals surface area contributed by atoms with Crippen molar-refractivity contribution in [2.24, 2.45) is 5.92 Å². The van der Waals surface area contributed by atoms with Crippen LogP contribution in [0.1, 0.15) is 30.7 Å². The summed E-state index contributed by atoms with van der Waals surface area (Å²) in [5.74, 6) is -0.182. The first-order valence-electron chi connectivity index (χ1n) is 7.63. The number of hydrogen-bond donors (Lipinski definition) is 1. The molecule has 2 rings (SSSR count). The number of carboxylic acid groups (broad SMARTS) is 1. The van der Waals surface area contributed by atoms with Gasteiger partial charge in [0.05, 0.1) is 6.61 Å². The maximum absolute atomic E-state index is 12.2. The van der Waals surface area contributed by atoms with Gasteiger partial charge in [-0.3, -0.25) is 9.59 Å². The number of rotatable bonds is 8. The lowest BCUT2D eigenvalue weighted by molar-refractivity contribution is -0.145. The van der Waals surface area contributed by atoms with Crippen molar-refractivity contribution < 1.29 is 19.4 Å². The van der Waals surface area contributed by atoms with Gasteiger partial charge in [-0.05, 0) is 30.2 Å². The monoisotopic (exact) mass is 305 g/mol. The van der Waals surface area contributed by atoms with Crippen LogP contribution >= 0.6 is 0 Å². The molecular weight excluding hydrogens is 282 g/mol. The maximum atomic E-state index is 12.2. The van der Waals surface area contributed by atoms with Crippen molar-refractivity contribution in [1.82, 2.24) is 4.90 Å². The third-order valence-corrected chi connectivity index (χ3v) is 4.21. The van der Waals surface area contributed by atoms with E-state index >= 15 is 0 Å². The number of carbonyl (C=O) groups is 2. The first-order chi connectivity index (χ1) is 10.6. The Balaban J connectivity index is 1.80. The maximum Gasteiger partial charge on any atom is 0.323 e. The van der Waals surface area contributed by atoms with Crippen molar-refractivity contribution in [3.63, 3.8) is 0 Å². The Morgan fingerprint density at radius 1 is 1.27 bits per heavy atom. The molecule has 0 aromatic heterocycles. The first-order valence-corrected chi connectivity index (χ1v) is 7.63. The van der Waals surface area contributed by atoms with Crippen LogP contribution in [0.3, 0.4) is 0 Å². The van der Waals surface area contributed by atoms with Crippen LogP contribution in [0.4, 0.5) is 0 Å². The van der Waals surface area contributed by atoms with Gasteiger partial charge in [0.15, 0.2) is 0 Å². The van der Waals surface area contributed by atoms with Gasteiger partial charge in [0.2, 0.25) is 5.91 Å². The summed E-state index contributed by atoms with van der Waals surface area (Å²) in [6.45, 7) is 0.434. The normalized spacial score (nSPS) is 20.2. The molecule has 0 aliphatic heterocycles. The molecular formula is C17H23NO4. The molecule has 1 aliphatic carbocycles. The molecule has 1 N–H and O–H groups in total. The summed E-state index contributed by atoms with van der Waals surface area (Å²) in [6.07, 6.45) is 2.43. The summed E-state index contributed by atoms with van der Waals surface area (Å²) >= 11 is 0. The Labute approximate surface area is 130 Å². The van der Waals surface area contributed by atoms with Crippen molar-refractivity contribution in [2.75, 3.05) is 26.8 Å². The molecule has 1 saturated carbocycles. The Kier molecular flexibility index (Phi) is 5.95. The van der Waals surface area contributed by atoms with E-state index in [0.29, 0.717) is 31.4 Å². The summed E-state index contributed by atoms with van der Waals surface area (Å²) in [6, 6.07) is 10.3. The van der Waals surface area contributed by atoms with Gasteiger partial charge >= 0.3 is 5.97 Å². The molecule has 22 heavy (non-hydrogen) atoms. The Bertz CT molecular complexity index is 497. The zero-order chi connectivity index (χ0) is 15.9. The largest absolute Gasteiger partial charge is 0.480 e. The van der Waals surface area contributed by atoms with E-state index in [1.165, 1.54) is 10.5 Å². The van der Waals surface area contributed by atoms with E-state index in [9.17, 15) is 9.59 Å². The molecule has 0 bridgehead atoms. The second kappa shape index (κ2) is 7.94. The predicted molar refractivity (Wildman–Crippen MR) is 82.6 cm³/mol. The molecule has 1 amide bonds. The molecule has 5 nitrogen and oxygen atoms in total. The SMILES string of the molecule is COCCN(CC(=O)O)C(=O)CC1CC(c2ccccc2)C1. The van der Waals surface area contributed by atoms with Crippen LogP contribution in [0.2, 0.25) is 0 Å². The molecule has 0 radical (unpaired) electrons. The van der Waals surface area contributed by atoms with Crippen molar-refractivity contribution in [3.05, 3.63) is 35.9 Å². The minimum Gasteiger partial charge on any atom is -0.480 e. The number of hydrogen-bond acceptors (Lipinski definition) is 3. The molecule has 120 valence electrons. The lowest BCUT2D eigenvalue weighted by Crippen LogP contribution is -2.40. The average Bonchev–Trinajstić information content (AvgIpc) is 2.47. The molecule has 5 heteroatoms. The van der Waals surface area contributed by atoms with Crippen molar-refractivity contribution in [3.8, 4) is 0 Å². The fourth-order valence-electron chi connectivity index (χ4n) is 2.93. The molecule has 0 atom stereocenters. The van der Waals surface area contributed by atoms with Crippen LogP contribution in [0.15, 0.2) is 30.3 Å².